The lowest BCUT2D eigenvalue weighted by molar-refractivity contribution is -0.139. The summed E-state index contributed by atoms with van der Waals surface area (Å²) in [5, 5.41) is 11.9. The summed E-state index contributed by atoms with van der Waals surface area (Å²) in [6.07, 6.45) is 2.48. The molecule has 3 aliphatic rings. The minimum absolute atomic E-state index is 0.0185. The number of rotatable bonds is 6. The van der Waals surface area contributed by atoms with Crippen molar-refractivity contribution in [3.05, 3.63) is 59.7 Å². The molecule has 1 saturated heterocycles. The largest absolute Gasteiger partial charge is 0.481 e. The Morgan fingerprint density at radius 1 is 0.971 bits per heavy atom. The van der Waals surface area contributed by atoms with Crippen LogP contribution in [0.3, 0.4) is 0 Å². The zero-order valence-electron chi connectivity index (χ0n) is 19.1. The molecule has 2 fully saturated rings. The van der Waals surface area contributed by atoms with Gasteiger partial charge in [0.2, 0.25) is 5.91 Å². The number of nitrogens with zero attached hydrogens (tertiary/aromatic N) is 1. The quantitative estimate of drug-likeness (QED) is 0.676. The van der Waals surface area contributed by atoms with Crippen molar-refractivity contribution in [2.45, 2.75) is 44.1 Å². The Morgan fingerprint density at radius 2 is 1.65 bits per heavy atom. The number of aliphatic carboxylic acids is 1. The average molecular weight is 463 g/mol. The Kier molecular flexibility index (Phi) is 6.26. The normalized spacial score (nSPS) is 23.4. The van der Waals surface area contributed by atoms with Crippen LogP contribution in [0, 0.1) is 11.8 Å². The minimum Gasteiger partial charge on any atom is -0.481 e. The van der Waals surface area contributed by atoms with Gasteiger partial charge in [-0.3, -0.25) is 9.59 Å². The summed E-state index contributed by atoms with van der Waals surface area (Å²) >= 11 is 0. The summed E-state index contributed by atoms with van der Waals surface area (Å²) in [5.41, 5.74) is 4.73. The van der Waals surface area contributed by atoms with Crippen molar-refractivity contribution >= 4 is 18.0 Å². The van der Waals surface area contributed by atoms with Crippen LogP contribution in [0.15, 0.2) is 48.5 Å². The van der Waals surface area contributed by atoms with E-state index in [9.17, 15) is 14.4 Å². The molecule has 1 aliphatic heterocycles. The second-order valence-electron chi connectivity index (χ2n) is 9.71. The number of fused-ring (bicyclic) bond motifs is 3. The highest BCUT2D eigenvalue weighted by atomic mass is 16.5. The summed E-state index contributed by atoms with van der Waals surface area (Å²) in [5.74, 6) is -0.790. The van der Waals surface area contributed by atoms with Crippen LogP contribution in [-0.4, -0.2) is 53.7 Å². The van der Waals surface area contributed by atoms with E-state index in [0.717, 1.165) is 19.3 Å². The molecule has 0 bridgehead atoms. The topological polar surface area (TPSA) is 95.9 Å². The third-order valence-corrected chi connectivity index (χ3v) is 7.51. The van der Waals surface area contributed by atoms with E-state index in [0.29, 0.717) is 19.5 Å². The maximum atomic E-state index is 12.9. The number of ether oxygens (including phenoxy) is 1. The number of alkyl carbamates (subject to hydrolysis) is 1. The van der Waals surface area contributed by atoms with Gasteiger partial charge in [-0.15, -0.1) is 0 Å². The highest BCUT2D eigenvalue weighted by Crippen LogP contribution is 2.44. The highest BCUT2D eigenvalue weighted by molar-refractivity contribution is 5.80. The molecule has 178 valence electrons. The number of carboxylic acid groups (broad SMARTS) is 1. The number of likely N-dealkylation sites (tertiary alicyclic amines) is 1. The zero-order valence-corrected chi connectivity index (χ0v) is 19.1. The monoisotopic (exact) mass is 462 g/mol. The summed E-state index contributed by atoms with van der Waals surface area (Å²) in [4.78, 5) is 38.2. The van der Waals surface area contributed by atoms with Gasteiger partial charge in [0.1, 0.15) is 6.61 Å². The summed E-state index contributed by atoms with van der Waals surface area (Å²) in [6.45, 7) is 1.41. The van der Waals surface area contributed by atoms with Gasteiger partial charge in [-0.05, 0) is 53.9 Å². The Balaban J connectivity index is 1.12. The van der Waals surface area contributed by atoms with Crippen LogP contribution in [0.1, 0.15) is 49.1 Å². The molecule has 3 atom stereocenters. The third kappa shape index (κ3) is 4.52. The minimum atomic E-state index is -0.812. The average Bonchev–Trinajstić information content (AvgIpc) is 3.55. The van der Waals surface area contributed by atoms with Crippen molar-refractivity contribution < 1.29 is 24.2 Å². The van der Waals surface area contributed by atoms with Gasteiger partial charge in [-0.25, -0.2) is 4.79 Å². The molecule has 7 nitrogen and oxygen atoms in total. The number of amides is 2. The van der Waals surface area contributed by atoms with Crippen LogP contribution in [0.25, 0.3) is 11.1 Å². The predicted octanol–water partition coefficient (Wildman–Crippen LogP) is 4.02. The van der Waals surface area contributed by atoms with Gasteiger partial charge >= 0.3 is 12.1 Å². The molecule has 1 heterocycles. The second kappa shape index (κ2) is 9.49. The van der Waals surface area contributed by atoms with E-state index < -0.39 is 12.1 Å². The Labute approximate surface area is 199 Å². The van der Waals surface area contributed by atoms with E-state index in [1.807, 2.05) is 24.3 Å². The lowest BCUT2D eigenvalue weighted by Crippen LogP contribution is -2.37. The van der Waals surface area contributed by atoms with Crippen molar-refractivity contribution in [3.8, 4) is 11.1 Å². The van der Waals surface area contributed by atoms with Crippen LogP contribution in [0.4, 0.5) is 4.79 Å². The molecule has 2 aliphatic carbocycles. The number of carbonyl (C=O) groups is 3. The van der Waals surface area contributed by atoms with Gasteiger partial charge in [0.15, 0.2) is 0 Å². The van der Waals surface area contributed by atoms with Crippen LogP contribution >= 0.6 is 0 Å². The SMILES string of the molecule is O=C(O)CC1CCN(C(=O)C2CCC(NC(=O)OCC3c4ccccc4-c4ccccc43)C2)C1. The molecule has 1 saturated carbocycles. The van der Waals surface area contributed by atoms with E-state index in [1.165, 1.54) is 22.3 Å². The first-order valence-corrected chi connectivity index (χ1v) is 12.1. The molecule has 2 aromatic carbocycles. The van der Waals surface area contributed by atoms with E-state index in [2.05, 4.69) is 29.6 Å². The molecule has 0 spiro atoms. The van der Waals surface area contributed by atoms with Crippen molar-refractivity contribution in [1.82, 2.24) is 10.2 Å². The molecule has 0 radical (unpaired) electrons. The zero-order chi connectivity index (χ0) is 23.7. The van der Waals surface area contributed by atoms with Crippen molar-refractivity contribution in [2.24, 2.45) is 11.8 Å². The number of carboxylic acids is 1. The smallest absolute Gasteiger partial charge is 0.407 e. The van der Waals surface area contributed by atoms with Crippen molar-refractivity contribution in [1.29, 1.82) is 0 Å². The molecular formula is C27H30N2O5. The molecule has 2 amide bonds. The van der Waals surface area contributed by atoms with Crippen molar-refractivity contribution in [3.63, 3.8) is 0 Å². The molecule has 7 heteroatoms. The maximum Gasteiger partial charge on any atom is 0.407 e. The van der Waals surface area contributed by atoms with E-state index in [-0.39, 0.29) is 42.7 Å². The molecule has 3 unspecified atom stereocenters. The molecule has 2 aromatic rings. The number of hydrogen-bond donors (Lipinski definition) is 2. The summed E-state index contributed by atoms with van der Waals surface area (Å²) < 4.78 is 5.65. The van der Waals surface area contributed by atoms with E-state index in [1.54, 1.807) is 4.90 Å². The van der Waals surface area contributed by atoms with Crippen LogP contribution < -0.4 is 5.32 Å². The predicted molar refractivity (Wildman–Crippen MR) is 126 cm³/mol. The van der Waals surface area contributed by atoms with Crippen molar-refractivity contribution in [2.75, 3.05) is 19.7 Å². The second-order valence-corrected chi connectivity index (χ2v) is 9.71. The van der Waals surface area contributed by atoms with Gasteiger partial charge in [0.05, 0.1) is 0 Å². The van der Waals surface area contributed by atoms with Gasteiger partial charge in [-0.1, -0.05) is 48.5 Å². The molecular weight excluding hydrogens is 432 g/mol. The molecule has 34 heavy (non-hydrogen) atoms. The summed E-state index contributed by atoms with van der Waals surface area (Å²) in [6, 6.07) is 16.4. The molecule has 5 rings (SSSR count). The van der Waals surface area contributed by atoms with Gasteiger partial charge in [0, 0.05) is 37.4 Å². The molecule has 0 aromatic heterocycles. The summed E-state index contributed by atoms with van der Waals surface area (Å²) in [7, 11) is 0. The first-order chi connectivity index (χ1) is 16.5. The lowest BCUT2D eigenvalue weighted by Gasteiger charge is -2.21. The fourth-order valence-electron chi connectivity index (χ4n) is 5.85. The maximum absolute atomic E-state index is 12.9. The Bertz CT molecular complexity index is 1050. The fourth-order valence-corrected chi connectivity index (χ4v) is 5.85. The van der Waals surface area contributed by atoms with Crippen LogP contribution in [0.5, 0.6) is 0 Å². The standard InChI is InChI=1S/C27H30N2O5/c30-25(31)13-17-11-12-29(15-17)26(32)18-9-10-19(14-18)28-27(33)34-16-24-22-7-3-1-5-20(22)21-6-2-4-8-23(21)24/h1-8,17-19,24H,9-16H2,(H,28,33)(H,30,31). The number of nitrogens with one attached hydrogen (secondary N) is 1. The van der Waals surface area contributed by atoms with Gasteiger partial charge < -0.3 is 20.1 Å². The number of benzene rings is 2. The first-order valence-electron chi connectivity index (χ1n) is 12.1. The first kappa shape index (κ1) is 22.4. The Morgan fingerprint density at radius 3 is 2.32 bits per heavy atom. The van der Waals surface area contributed by atoms with Crippen LogP contribution in [0.2, 0.25) is 0 Å². The third-order valence-electron chi connectivity index (χ3n) is 7.51. The van der Waals surface area contributed by atoms with Gasteiger partial charge in [0.25, 0.3) is 0 Å². The Hall–Kier alpha value is -3.35. The number of carbonyl (C=O) groups excluding carboxylic acids is 2. The van der Waals surface area contributed by atoms with Crippen LogP contribution in [-0.2, 0) is 14.3 Å². The molecule has 2 N–H and O–H groups in total. The lowest BCUT2D eigenvalue weighted by atomic mass is 9.98. The highest BCUT2D eigenvalue weighted by Gasteiger charge is 2.37. The number of hydrogen-bond acceptors (Lipinski definition) is 4. The van der Waals surface area contributed by atoms with Gasteiger partial charge in [-0.2, -0.15) is 0 Å². The van der Waals surface area contributed by atoms with E-state index in [4.69, 9.17) is 9.84 Å². The fraction of sp³-hybridized carbons (Fsp3) is 0.444. The van der Waals surface area contributed by atoms with E-state index >= 15 is 0 Å².